The molecule has 0 aromatic heterocycles. The van der Waals surface area contributed by atoms with Gasteiger partial charge >= 0.3 is 0 Å². The lowest BCUT2D eigenvalue weighted by Crippen LogP contribution is -2.19. The molecule has 1 aliphatic heterocycles. The summed E-state index contributed by atoms with van der Waals surface area (Å²) in [6.07, 6.45) is 2.46. The number of anilines is 1. The number of amides is 1. The Kier molecular flexibility index (Phi) is 5.09. The van der Waals surface area contributed by atoms with Crippen LogP contribution in [-0.2, 0) is 6.54 Å². The van der Waals surface area contributed by atoms with Crippen LogP contribution in [0.2, 0.25) is 0 Å². The van der Waals surface area contributed by atoms with Gasteiger partial charge in [0.25, 0.3) is 11.6 Å². The maximum Gasteiger partial charge on any atom is 0.274 e. The molecule has 0 aliphatic carbocycles. The highest BCUT2D eigenvalue weighted by molar-refractivity contribution is 6.05. The Morgan fingerprint density at radius 1 is 1.20 bits per heavy atom. The Bertz CT molecular complexity index is 798. The summed E-state index contributed by atoms with van der Waals surface area (Å²) in [5.41, 5.74) is 2.58. The lowest BCUT2D eigenvalue weighted by Gasteiger charge is -2.15. The van der Waals surface area contributed by atoms with Crippen LogP contribution in [0.15, 0.2) is 42.5 Å². The zero-order chi connectivity index (χ0) is 17.8. The van der Waals surface area contributed by atoms with Crippen LogP contribution >= 0.6 is 0 Å². The molecule has 0 bridgehead atoms. The molecule has 6 heteroatoms. The quantitative estimate of drug-likeness (QED) is 0.665. The Morgan fingerprint density at radius 2 is 1.92 bits per heavy atom. The van der Waals surface area contributed by atoms with Gasteiger partial charge in [-0.15, -0.1) is 0 Å². The summed E-state index contributed by atoms with van der Waals surface area (Å²) < 4.78 is 0. The third kappa shape index (κ3) is 4.03. The minimum absolute atomic E-state index is 0.000541. The number of likely N-dealkylation sites (tertiary alicyclic amines) is 1. The van der Waals surface area contributed by atoms with Crippen molar-refractivity contribution >= 4 is 17.3 Å². The van der Waals surface area contributed by atoms with Gasteiger partial charge in [-0.25, -0.2) is 0 Å². The molecule has 1 aliphatic rings. The molecule has 3 rings (SSSR count). The lowest BCUT2D eigenvalue weighted by molar-refractivity contribution is -0.385. The van der Waals surface area contributed by atoms with Crippen LogP contribution in [0.1, 0.15) is 34.3 Å². The van der Waals surface area contributed by atoms with E-state index >= 15 is 0 Å². The van der Waals surface area contributed by atoms with E-state index in [1.54, 1.807) is 25.1 Å². The predicted molar refractivity (Wildman–Crippen MR) is 96.7 cm³/mol. The van der Waals surface area contributed by atoms with E-state index in [4.69, 9.17) is 0 Å². The first kappa shape index (κ1) is 17.1. The summed E-state index contributed by atoms with van der Waals surface area (Å²) in [5, 5.41) is 13.8. The van der Waals surface area contributed by atoms with Crippen molar-refractivity contribution in [2.45, 2.75) is 26.3 Å². The highest BCUT2D eigenvalue weighted by atomic mass is 16.6. The molecule has 2 aromatic rings. The number of benzene rings is 2. The molecule has 1 fully saturated rings. The molecule has 25 heavy (non-hydrogen) atoms. The molecular weight excluding hydrogens is 318 g/mol. The van der Waals surface area contributed by atoms with Crippen LogP contribution < -0.4 is 5.32 Å². The minimum atomic E-state index is -0.443. The van der Waals surface area contributed by atoms with Gasteiger partial charge in [0.15, 0.2) is 0 Å². The highest BCUT2D eigenvalue weighted by Crippen LogP contribution is 2.25. The summed E-state index contributed by atoms with van der Waals surface area (Å²) in [4.78, 5) is 25.5. The van der Waals surface area contributed by atoms with Crippen LogP contribution in [0.3, 0.4) is 0 Å². The van der Waals surface area contributed by atoms with E-state index < -0.39 is 4.92 Å². The fourth-order valence-corrected chi connectivity index (χ4v) is 3.16. The van der Waals surface area contributed by atoms with Crippen molar-refractivity contribution in [1.82, 2.24) is 4.90 Å². The van der Waals surface area contributed by atoms with Crippen molar-refractivity contribution in [2.24, 2.45) is 0 Å². The fourth-order valence-electron chi connectivity index (χ4n) is 3.16. The second-order valence-electron chi connectivity index (χ2n) is 6.34. The van der Waals surface area contributed by atoms with Gasteiger partial charge in [-0.1, -0.05) is 18.2 Å². The highest BCUT2D eigenvalue weighted by Gasteiger charge is 2.16. The van der Waals surface area contributed by atoms with E-state index in [1.807, 2.05) is 18.2 Å². The smallest absolute Gasteiger partial charge is 0.274 e. The number of carbonyl (C=O) groups is 1. The first-order valence-corrected chi connectivity index (χ1v) is 8.41. The summed E-state index contributed by atoms with van der Waals surface area (Å²) >= 11 is 0. The van der Waals surface area contributed by atoms with Crippen molar-refractivity contribution in [1.29, 1.82) is 0 Å². The topological polar surface area (TPSA) is 75.5 Å². The van der Waals surface area contributed by atoms with E-state index in [-0.39, 0.29) is 11.6 Å². The minimum Gasteiger partial charge on any atom is -0.321 e. The molecule has 1 saturated heterocycles. The second-order valence-corrected chi connectivity index (χ2v) is 6.34. The first-order chi connectivity index (χ1) is 12.0. The monoisotopic (exact) mass is 339 g/mol. The molecular formula is C19H21N3O3. The van der Waals surface area contributed by atoms with E-state index in [0.717, 1.165) is 25.2 Å². The average molecular weight is 339 g/mol. The molecule has 1 amide bonds. The van der Waals surface area contributed by atoms with Crippen LogP contribution in [0.25, 0.3) is 0 Å². The van der Waals surface area contributed by atoms with Crippen molar-refractivity contribution in [3.8, 4) is 0 Å². The van der Waals surface area contributed by atoms with Gasteiger partial charge in [-0.05, 0) is 56.6 Å². The molecule has 1 heterocycles. The maximum absolute atomic E-state index is 12.5. The molecule has 130 valence electrons. The van der Waals surface area contributed by atoms with Gasteiger partial charge in [0.05, 0.1) is 16.2 Å². The van der Waals surface area contributed by atoms with Gasteiger partial charge in [-0.2, -0.15) is 0 Å². The molecule has 0 radical (unpaired) electrons. The van der Waals surface area contributed by atoms with Crippen LogP contribution in [-0.4, -0.2) is 28.8 Å². The number of hydrogen-bond acceptors (Lipinski definition) is 4. The largest absolute Gasteiger partial charge is 0.321 e. The van der Waals surface area contributed by atoms with Gasteiger partial charge in [0.2, 0.25) is 0 Å². The Balaban J connectivity index is 1.75. The van der Waals surface area contributed by atoms with Crippen LogP contribution in [0, 0.1) is 17.0 Å². The van der Waals surface area contributed by atoms with E-state index in [0.29, 0.717) is 16.8 Å². The summed E-state index contributed by atoms with van der Waals surface area (Å²) in [7, 11) is 0. The Hall–Kier alpha value is -2.73. The standard InChI is InChI=1S/C19H21N3O3/c1-14-17(8-5-9-18(14)22(24)25)20-19(23)16-7-4-6-15(12-16)13-21-10-2-3-11-21/h4-9,12H,2-3,10-11,13H2,1H3,(H,20,23). The molecule has 0 atom stereocenters. The SMILES string of the molecule is Cc1c(NC(=O)c2cccc(CN3CCCC3)c2)cccc1[N+](=O)[O-]. The van der Waals surface area contributed by atoms with Gasteiger partial charge in [0.1, 0.15) is 0 Å². The van der Waals surface area contributed by atoms with E-state index in [2.05, 4.69) is 10.2 Å². The number of rotatable bonds is 5. The average Bonchev–Trinajstić information content (AvgIpc) is 3.09. The number of nitro groups is 1. The number of carbonyl (C=O) groups excluding carboxylic acids is 1. The van der Waals surface area contributed by atoms with E-state index in [1.165, 1.54) is 18.9 Å². The lowest BCUT2D eigenvalue weighted by atomic mass is 10.1. The summed E-state index contributed by atoms with van der Waals surface area (Å²) in [6.45, 7) is 4.68. The van der Waals surface area contributed by atoms with Gasteiger partial charge in [0, 0.05) is 18.2 Å². The van der Waals surface area contributed by atoms with E-state index in [9.17, 15) is 14.9 Å². The van der Waals surface area contributed by atoms with Crippen LogP contribution in [0.5, 0.6) is 0 Å². The molecule has 0 spiro atoms. The van der Waals surface area contributed by atoms with Crippen molar-refractivity contribution in [3.05, 3.63) is 69.3 Å². The van der Waals surface area contributed by atoms with Crippen LogP contribution in [0.4, 0.5) is 11.4 Å². The number of nitro benzene ring substituents is 1. The Morgan fingerprint density at radius 3 is 2.64 bits per heavy atom. The summed E-state index contributed by atoms with van der Waals surface area (Å²) in [6, 6.07) is 12.2. The Labute approximate surface area is 146 Å². The molecule has 0 saturated carbocycles. The molecule has 0 unspecified atom stereocenters. The fraction of sp³-hybridized carbons (Fsp3) is 0.316. The maximum atomic E-state index is 12.5. The first-order valence-electron chi connectivity index (χ1n) is 8.41. The van der Waals surface area contributed by atoms with Crippen molar-refractivity contribution < 1.29 is 9.72 Å². The number of hydrogen-bond donors (Lipinski definition) is 1. The molecule has 2 aromatic carbocycles. The number of nitrogens with one attached hydrogen (secondary N) is 1. The second kappa shape index (κ2) is 7.44. The third-order valence-electron chi connectivity index (χ3n) is 4.54. The predicted octanol–water partition coefficient (Wildman–Crippen LogP) is 3.75. The van der Waals surface area contributed by atoms with Crippen molar-refractivity contribution in [3.63, 3.8) is 0 Å². The third-order valence-corrected chi connectivity index (χ3v) is 4.54. The summed E-state index contributed by atoms with van der Waals surface area (Å²) in [5.74, 6) is -0.258. The molecule has 6 nitrogen and oxygen atoms in total. The molecule has 1 N–H and O–H groups in total. The van der Waals surface area contributed by atoms with Gasteiger partial charge < -0.3 is 5.32 Å². The number of nitrogens with zero attached hydrogens (tertiary/aromatic N) is 2. The zero-order valence-electron chi connectivity index (χ0n) is 14.2. The zero-order valence-corrected chi connectivity index (χ0v) is 14.2. The van der Waals surface area contributed by atoms with Gasteiger partial charge in [-0.3, -0.25) is 19.8 Å². The van der Waals surface area contributed by atoms with Crippen molar-refractivity contribution in [2.75, 3.05) is 18.4 Å². The normalized spacial score (nSPS) is 14.4.